The van der Waals surface area contributed by atoms with E-state index in [-0.39, 0.29) is 5.82 Å². The quantitative estimate of drug-likeness (QED) is 0.438. The monoisotopic (exact) mass is 137 g/mol. The van der Waals surface area contributed by atoms with Crippen LogP contribution in [-0.2, 0) is 9.69 Å². The molecule has 1 aliphatic rings. The lowest BCUT2D eigenvalue weighted by molar-refractivity contribution is -0.183. The van der Waals surface area contributed by atoms with Crippen molar-refractivity contribution in [2.24, 2.45) is 0 Å². The molecule has 2 rings (SSSR count). The molecule has 1 aromatic heterocycles. The van der Waals surface area contributed by atoms with Crippen LogP contribution >= 0.6 is 0 Å². The summed E-state index contributed by atoms with van der Waals surface area (Å²) in [4.78, 5) is 9.30. The van der Waals surface area contributed by atoms with Crippen LogP contribution in [0.3, 0.4) is 0 Å². The Morgan fingerprint density at radius 2 is 2.80 bits per heavy atom. The normalized spacial score (nSPS) is 24.6. The van der Waals surface area contributed by atoms with E-state index in [1.807, 2.05) is 6.20 Å². The molecule has 0 aliphatic carbocycles. The third kappa shape index (κ3) is 0.934. The van der Waals surface area contributed by atoms with Crippen LogP contribution in [0.1, 0.15) is 11.4 Å². The van der Waals surface area contributed by atoms with E-state index in [9.17, 15) is 0 Å². The predicted octanol–water partition coefficient (Wildman–Crippen LogP) is 0.0318. The standard InChI is InChI=1S/C5H6BN2O2/c1-4(2-8-7-1)5-3-9-10-6-5/h1-2,5H,3H2,(H,7,8). The molecular formula is C5H6BN2O2. The van der Waals surface area contributed by atoms with Gasteiger partial charge in [-0.15, -0.1) is 0 Å². The molecular weight excluding hydrogens is 131 g/mol. The SMILES string of the molecule is [B]1OOCC1c1cn[nH]c1. The zero-order chi connectivity index (χ0) is 6.81. The number of aromatic amines is 1. The van der Waals surface area contributed by atoms with Crippen molar-refractivity contribution in [2.45, 2.75) is 5.82 Å². The molecule has 1 atom stereocenters. The van der Waals surface area contributed by atoms with E-state index in [0.717, 1.165) is 5.56 Å². The van der Waals surface area contributed by atoms with Gasteiger partial charge in [-0.25, -0.2) is 0 Å². The Balaban J connectivity index is 2.12. The second-order valence-electron chi connectivity index (χ2n) is 2.15. The highest BCUT2D eigenvalue weighted by Gasteiger charge is 2.22. The van der Waals surface area contributed by atoms with Crippen LogP contribution in [0, 0.1) is 0 Å². The summed E-state index contributed by atoms with van der Waals surface area (Å²) in [6.07, 6.45) is 3.60. The second-order valence-corrected chi connectivity index (χ2v) is 2.15. The molecule has 2 heterocycles. The Labute approximate surface area is 58.7 Å². The lowest BCUT2D eigenvalue weighted by atomic mass is 9.78. The molecule has 51 valence electrons. The van der Waals surface area contributed by atoms with Crippen molar-refractivity contribution >= 4 is 7.48 Å². The summed E-state index contributed by atoms with van der Waals surface area (Å²) in [6.45, 7) is 0.583. The summed E-state index contributed by atoms with van der Waals surface area (Å²) in [5.74, 6) is 0.235. The fraction of sp³-hybridized carbons (Fsp3) is 0.400. The van der Waals surface area contributed by atoms with Crippen LogP contribution in [0.15, 0.2) is 12.4 Å². The molecule has 1 aromatic rings. The smallest absolute Gasteiger partial charge is 0.310 e. The fourth-order valence-electron chi connectivity index (χ4n) is 0.897. The van der Waals surface area contributed by atoms with Crippen molar-refractivity contribution in [3.05, 3.63) is 18.0 Å². The minimum Gasteiger partial charge on any atom is -0.310 e. The van der Waals surface area contributed by atoms with Gasteiger partial charge < -0.3 is 4.81 Å². The largest absolute Gasteiger partial charge is 0.354 e. The van der Waals surface area contributed by atoms with Crippen LogP contribution in [-0.4, -0.2) is 24.3 Å². The first-order valence-electron chi connectivity index (χ1n) is 3.07. The average Bonchev–Trinajstić information content (AvgIpc) is 2.59. The Hall–Kier alpha value is -0.805. The molecule has 0 aromatic carbocycles. The van der Waals surface area contributed by atoms with Gasteiger partial charge in [0, 0.05) is 12.0 Å². The topological polar surface area (TPSA) is 47.1 Å². The van der Waals surface area contributed by atoms with E-state index in [1.165, 1.54) is 0 Å². The zero-order valence-corrected chi connectivity index (χ0v) is 5.28. The number of hydrogen-bond donors (Lipinski definition) is 1. The number of hydrogen-bond acceptors (Lipinski definition) is 3. The third-order valence-corrected chi connectivity index (χ3v) is 1.48. The number of rotatable bonds is 1. The summed E-state index contributed by atoms with van der Waals surface area (Å²) >= 11 is 0. The van der Waals surface area contributed by atoms with Crippen LogP contribution in [0.5, 0.6) is 0 Å². The van der Waals surface area contributed by atoms with Crippen LogP contribution in [0.25, 0.3) is 0 Å². The van der Waals surface area contributed by atoms with E-state index < -0.39 is 0 Å². The van der Waals surface area contributed by atoms with Crippen molar-refractivity contribution in [3.63, 3.8) is 0 Å². The van der Waals surface area contributed by atoms with Crippen LogP contribution < -0.4 is 0 Å². The molecule has 0 saturated carbocycles. The minimum absolute atomic E-state index is 0.235. The Morgan fingerprint density at radius 1 is 1.80 bits per heavy atom. The molecule has 0 bridgehead atoms. The summed E-state index contributed by atoms with van der Waals surface area (Å²) in [6, 6.07) is 0. The third-order valence-electron chi connectivity index (χ3n) is 1.48. The van der Waals surface area contributed by atoms with Gasteiger partial charge in [0.05, 0.1) is 12.8 Å². The molecule has 1 unspecified atom stereocenters. The van der Waals surface area contributed by atoms with E-state index in [2.05, 4.69) is 19.9 Å². The van der Waals surface area contributed by atoms with E-state index >= 15 is 0 Å². The molecule has 5 heteroatoms. The maximum absolute atomic E-state index is 4.68. The van der Waals surface area contributed by atoms with Gasteiger partial charge in [0.15, 0.2) is 0 Å². The lowest BCUT2D eigenvalue weighted by Gasteiger charge is -1.95. The minimum atomic E-state index is 0.235. The maximum atomic E-state index is 4.68. The highest BCUT2D eigenvalue weighted by Crippen LogP contribution is 2.17. The van der Waals surface area contributed by atoms with Gasteiger partial charge >= 0.3 is 7.48 Å². The summed E-state index contributed by atoms with van der Waals surface area (Å²) < 4.78 is 0. The highest BCUT2D eigenvalue weighted by atomic mass is 17.2. The van der Waals surface area contributed by atoms with Crippen LogP contribution in [0.4, 0.5) is 0 Å². The molecule has 1 radical (unpaired) electrons. The van der Waals surface area contributed by atoms with Gasteiger partial charge in [0.2, 0.25) is 0 Å². The first-order chi connectivity index (χ1) is 4.97. The molecule has 1 saturated heterocycles. The molecule has 4 nitrogen and oxygen atoms in total. The first-order valence-corrected chi connectivity index (χ1v) is 3.07. The fourth-order valence-corrected chi connectivity index (χ4v) is 0.897. The van der Waals surface area contributed by atoms with Gasteiger partial charge in [-0.1, -0.05) is 0 Å². The van der Waals surface area contributed by atoms with Gasteiger partial charge in [0.25, 0.3) is 0 Å². The molecule has 0 spiro atoms. The zero-order valence-electron chi connectivity index (χ0n) is 5.28. The highest BCUT2D eigenvalue weighted by molar-refractivity contribution is 6.30. The first kappa shape index (κ1) is 5.94. The Morgan fingerprint density at radius 3 is 3.40 bits per heavy atom. The van der Waals surface area contributed by atoms with Crippen molar-refractivity contribution in [2.75, 3.05) is 6.61 Å². The van der Waals surface area contributed by atoms with Crippen LogP contribution in [0.2, 0.25) is 0 Å². The summed E-state index contributed by atoms with van der Waals surface area (Å²) in [7, 11) is 1.66. The average molecular weight is 137 g/mol. The molecule has 10 heavy (non-hydrogen) atoms. The molecule has 1 fully saturated rings. The molecule has 0 amide bonds. The lowest BCUT2D eigenvalue weighted by Crippen LogP contribution is -2.02. The van der Waals surface area contributed by atoms with E-state index in [0.29, 0.717) is 6.61 Å². The van der Waals surface area contributed by atoms with Gasteiger partial charge in [-0.2, -0.15) is 5.10 Å². The second kappa shape index (κ2) is 2.44. The molecule has 1 N–H and O–H groups in total. The maximum Gasteiger partial charge on any atom is 0.354 e. The number of nitrogens with one attached hydrogen (secondary N) is 1. The summed E-state index contributed by atoms with van der Waals surface area (Å²) in [5, 5.41) is 6.54. The Bertz CT molecular complexity index is 195. The predicted molar refractivity (Wildman–Crippen MR) is 34.1 cm³/mol. The van der Waals surface area contributed by atoms with Gasteiger partial charge in [-0.05, 0) is 5.56 Å². The van der Waals surface area contributed by atoms with Crippen molar-refractivity contribution in [1.29, 1.82) is 0 Å². The number of nitrogens with zero attached hydrogens (tertiary/aromatic N) is 1. The van der Waals surface area contributed by atoms with E-state index in [4.69, 9.17) is 0 Å². The molecule has 1 aliphatic heterocycles. The van der Waals surface area contributed by atoms with Crippen molar-refractivity contribution in [3.8, 4) is 0 Å². The van der Waals surface area contributed by atoms with Gasteiger partial charge in [0.1, 0.15) is 0 Å². The Kier molecular flexibility index (Phi) is 1.45. The summed E-state index contributed by atoms with van der Waals surface area (Å²) in [5.41, 5.74) is 1.09. The van der Waals surface area contributed by atoms with Gasteiger partial charge in [-0.3, -0.25) is 9.99 Å². The van der Waals surface area contributed by atoms with Crippen molar-refractivity contribution in [1.82, 2.24) is 10.2 Å². The van der Waals surface area contributed by atoms with Crippen molar-refractivity contribution < 1.29 is 9.69 Å². The van der Waals surface area contributed by atoms with E-state index in [1.54, 1.807) is 13.7 Å². The number of aromatic nitrogens is 2. The number of H-pyrrole nitrogens is 1.